The Bertz CT molecular complexity index is 594. The van der Waals surface area contributed by atoms with Gasteiger partial charge in [-0.3, -0.25) is 4.79 Å². The minimum absolute atomic E-state index is 0.118. The summed E-state index contributed by atoms with van der Waals surface area (Å²) < 4.78 is 5.21. The van der Waals surface area contributed by atoms with Gasteiger partial charge in [-0.25, -0.2) is 0 Å². The molecule has 0 aliphatic heterocycles. The molecule has 21 heavy (non-hydrogen) atoms. The van der Waals surface area contributed by atoms with E-state index in [1.807, 2.05) is 17.5 Å². The molecule has 0 unspecified atom stereocenters. The summed E-state index contributed by atoms with van der Waals surface area (Å²) in [6.07, 6.45) is 3.13. The molecule has 1 N–H and O–H groups in total. The number of aryl methyl sites for hydroxylation is 1. The highest BCUT2D eigenvalue weighted by Gasteiger charge is 2.32. The van der Waals surface area contributed by atoms with E-state index in [2.05, 4.69) is 22.4 Å². The Morgan fingerprint density at radius 3 is 3.14 bits per heavy atom. The molecule has 0 bridgehead atoms. The van der Waals surface area contributed by atoms with Crippen molar-refractivity contribution in [2.24, 2.45) is 11.8 Å². The number of nitrogens with zero attached hydrogens (tertiary/aromatic N) is 2. The molecule has 3 rings (SSSR count). The van der Waals surface area contributed by atoms with Crippen LogP contribution in [0.1, 0.15) is 32.1 Å². The van der Waals surface area contributed by atoms with Gasteiger partial charge >= 0.3 is 0 Å². The zero-order chi connectivity index (χ0) is 14.7. The molecule has 1 fully saturated rings. The maximum atomic E-state index is 11.7. The molecule has 0 saturated heterocycles. The van der Waals surface area contributed by atoms with Crippen molar-refractivity contribution in [2.45, 2.75) is 32.6 Å². The highest BCUT2D eigenvalue weighted by atomic mass is 32.1. The lowest BCUT2D eigenvalue weighted by Crippen LogP contribution is -2.25. The summed E-state index contributed by atoms with van der Waals surface area (Å²) >= 11 is 1.58. The quantitative estimate of drug-likeness (QED) is 0.854. The van der Waals surface area contributed by atoms with E-state index in [4.69, 9.17) is 4.52 Å². The Morgan fingerprint density at radius 2 is 2.43 bits per heavy atom. The van der Waals surface area contributed by atoms with Crippen LogP contribution in [0.3, 0.4) is 0 Å². The van der Waals surface area contributed by atoms with Crippen LogP contribution in [-0.4, -0.2) is 22.6 Å². The van der Waals surface area contributed by atoms with Gasteiger partial charge in [0, 0.05) is 19.4 Å². The van der Waals surface area contributed by atoms with Gasteiger partial charge in [-0.2, -0.15) is 4.98 Å². The predicted molar refractivity (Wildman–Crippen MR) is 80.8 cm³/mol. The van der Waals surface area contributed by atoms with Crippen molar-refractivity contribution < 1.29 is 9.32 Å². The van der Waals surface area contributed by atoms with E-state index >= 15 is 0 Å². The summed E-state index contributed by atoms with van der Waals surface area (Å²) in [5, 5.41) is 8.92. The molecule has 0 radical (unpaired) electrons. The Morgan fingerprint density at radius 1 is 1.57 bits per heavy atom. The number of rotatable bonds is 7. The van der Waals surface area contributed by atoms with Crippen LogP contribution in [0.5, 0.6) is 0 Å². The molecule has 5 nitrogen and oxygen atoms in total. The molecule has 2 aromatic heterocycles. The SMILES string of the molecule is C[C@@H]1C[C@H]1CNC(=O)CCCc1nc(-c2cccs2)no1. The summed E-state index contributed by atoms with van der Waals surface area (Å²) in [6, 6.07) is 3.92. The van der Waals surface area contributed by atoms with Crippen molar-refractivity contribution >= 4 is 17.2 Å². The fourth-order valence-corrected chi connectivity index (χ4v) is 2.93. The summed E-state index contributed by atoms with van der Waals surface area (Å²) in [5.74, 6) is 2.82. The van der Waals surface area contributed by atoms with Gasteiger partial charge in [0.1, 0.15) is 0 Å². The van der Waals surface area contributed by atoms with Crippen LogP contribution in [0.2, 0.25) is 0 Å². The summed E-state index contributed by atoms with van der Waals surface area (Å²) in [4.78, 5) is 17.0. The number of aromatic nitrogens is 2. The number of hydrogen-bond acceptors (Lipinski definition) is 5. The third-order valence-electron chi connectivity index (χ3n) is 3.84. The van der Waals surface area contributed by atoms with Crippen LogP contribution in [0, 0.1) is 11.8 Å². The topological polar surface area (TPSA) is 68.0 Å². The molecule has 2 atom stereocenters. The Hall–Kier alpha value is -1.69. The lowest BCUT2D eigenvalue weighted by atomic mass is 10.2. The molecule has 2 heterocycles. The van der Waals surface area contributed by atoms with Crippen LogP contribution in [0.4, 0.5) is 0 Å². The highest BCUT2D eigenvalue weighted by Crippen LogP contribution is 2.36. The summed E-state index contributed by atoms with van der Waals surface area (Å²) in [5.41, 5.74) is 0. The van der Waals surface area contributed by atoms with Gasteiger partial charge in [0.2, 0.25) is 17.6 Å². The van der Waals surface area contributed by atoms with Crippen molar-refractivity contribution in [3.05, 3.63) is 23.4 Å². The van der Waals surface area contributed by atoms with Crippen LogP contribution >= 0.6 is 11.3 Å². The number of thiophene rings is 1. The van der Waals surface area contributed by atoms with Crippen LogP contribution in [0.25, 0.3) is 10.7 Å². The Balaban J connectivity index is 1.38. The van der Waals surface area contributed by atoms with Gasteiger partial charge in [-0.05, 0) is 36.1 Å². The standard InChI is InChI=1S/C15H19N3O2S/c1-10-8-11(10)9-16-13(19)5-2-6-14-17-15(18-20-14)12-4-3-7-21-12/h3-4,7,10-11H,2,5-6,8-9H2,1H3,(H,16,19)/t10-,11+/m1/s1. The van der Waals surface area contributed by atoms with E-state index in [-0.39, 0.29) is 5.91 Å². The van der Waals surface area contributed by atoms with E-state index in [1.165, 1.54) is 6.42 Å². The Kier molecular flexibility index (Phi) is 4.34. The maximum absolute atomic E-state index is 11.7. The lowest BCUT2D eigenvalue weighted by Gasteiger charge is -2.02. The van der Waals surface area contributed by atoms with Crippen molar-refractivity contribution in [3.63, 3.8) is 0 Å². The highest BCUT2D eigenvalue weighted by molar-refractivity contribution is 7.13. The molecule has 0 spiro atoms. The summed E-state index contributed by atoms with van der Waals surface area (Å²) in [6.45, 7) is 3.04. The van der Waals surface area contributed by atoms with Crippen molar-refractivity contribution in [3.8, 4) is 10.7 Å². The molecule has 1 aliphatic carbocycles. The normalized spacial score (nSPS) is 20.4. The van der Waals surface area contributed by atoms with E-state index in [0.29, 0.717) is 30.5 Å². The van der Waals surface area contributed by atoms with E-state index in [0.717, 1.165) is 23.8 Å². The molecule has 6 heteroatoms. The van der Waals surface area contributed by atoms with Gasteiger partial charge in [0.05, 0.1) is 4.88 Å². The molecular weight excluding hydrogens is 286 g/mol. The zero-order valence-electron chi connectivity index (χ0n) is 12.0. The fourth-order valence-electron chi connectivity index (χ4n) is 2.28. The van der Waals surface area contributed by atoms with Crippen LogP contribution in [-0.2, 0) is 11.2 Å². The van der Waals surface area contributed by atoms with Crippen molar-refractivity contribution in [2.75, 3.05) is 6.54 Å². The van der Waals surface area contributed by atoms with Gasteiger partial charge < -0.3 is 9.84 Å². The van der Waals surface area contributed by atoms with Gasteiger partial charge in [-0.15, -0.1) is 11.3 Å². The third-order valence-corrected chi connectivity index (χ3v) is 4.71. The number of nitrogens with one attached hydrogen (secondary N) is 1. The van der Waals surface area contributed by atoms with Crippen LogP contribution in [0.15, 0.2) is 22.0 Å². The maximum Gasteiger partial charge on any atom is 0.226 e. The molecule has 1 saturated carbocycles. The van der Waals surface area contributed by atoms with Crippen molar-refractivity contribution in [1.82, 2.24) is 15.5 Å². The van der Waals surface area contributed by atoms with Gasteiger partial charge in [0.15, 0.2) is 0 Å². The second-order valence-corrected chi connectivity index (χ2v) is 6.57. The van der Waals surface area contributed by atoms with E-state index in [9.17, 15) is 4.79 Å². The fraction of sp³-hybridized carbons (Fsp3) is 0.533. The number of hydrogen-bond donors (Lipinski definition) is 1. The largest absolute Gasteiger partial charge is 0.356 e. The summed E-state index contributed by atoms with van der Waals surface area (Å²) in [7, 11) is 0. The molecular formula is C15H19N3O2S. The first-order chi connectivity index (χ1) is 10.2. The zero-order valence-corrected chi connectivity index (χ0v) is 12.9. The minimum Gasteiger partial charge on any atom is -0.356 e. The first-order valence-electron chi connectivity index (χ1n) is 7.35. The monoisotopic (exact) mass is 305 g/mol. The average molecular weight is 305 g/mol. The Labute approximate surface area is 127 Å². The smallest absolute Gasteiger partial charge is 0.226 e. The number of amides is 1. The third kappa shape index (κ3) is 3.91. The molecule has 112 valence electrons. The van der Waals surface area contributed by atoms with Gasteiger partial charge in [0.25, 0.3) is 0 Å². The van der Waals surface area contributed by atoms with E-state index < -0.39 is 0 Å². The molecule has 1 aliphatic rings. The lowest BCUT2D eigenvalue weighted by molar-refractivity contribution is -0.121. The first kappa shape index (κ1) is 14.3. The number of carbonyl (C=O) groups is 1. The van der Waals surface area contributed by atoms with Gasteiger partial charge in [-0.1, -0.05) is 18.1 Å². The molecule has 2 aromatic rings. The predicted octanol–water partition coefficient (Wildman–Crippen LogP) is 2.89. The first-order valence-corrected chi connectivity index (χ1v) is 8.23. The number of carbonyl (C=O) groups excluding carboxylic acids is 1. The minimum atomic E-state index is 0.118. The second-order valence-electron chi connectivity index (χ2n) is 5.62. The van der Waals surface area contributed by atoms with Crippen molar-refractivity contribution in [1.29, 1.82) is 0 Å². The molecule has 1 amide bonds. The molecule has 0 aromatic carbocycles. The van der Waals surface area contributed by atoms with E-state index in [1.54, 1.807) is 11.3 Å². The second kappa shape index (κ2) is 6.39. The van der Waals surface area contributed by atoms with Crippen LogP contribution < -0.4 is 5.32 Å². The average Bonchev–Trinajstić information content (AvgIpc) is 2.93.